The fourth-order valence-electron chi connectivity index (χ4n) is 3.07. The van der Waals surface area contributed by atoms with Crippen LogP contribution in [0.5, 0.6) is 0 Å². The van der Waals surface area contributed by atoms with Gasteiger partial charge < -0.3 is 4.79 Å². The molecule has 0 aliphatic heterocycles. The summed E-state index contributed by atoms with van der Waals surface area (Å²) in [6.45, 7) is 5.53. The molecule has 2 saturated carbocycles. The zero-order valence-electron chi connectivity index (χ0n) is 8.72. The highest BCUT2D eigenvalue weighted by Crippen LogP contribution is 2.67. The molecule has 2 unspecified atom stereocenters. The molecule has 14 heavy (non-hydrogen) atoms. The number of ketones is 2. The standard InChI is InChI=1S/C11H14O3/c1-9(2)10(3)4-5-11(9,6-12)8(14)7(10)13/h6H,4-5H2,1-3H3. The van der Waals surface area contributed by atoms with Gasteiger partial charge in [0.25, 0.3) is 0 Å². The number of aldehydes is 1. The van der Waals surface area contributed by atoms with Gasteiger partial charge >= 0.3 is 0 Å². The zero-order valence-corrected chi connectivity index (χ0v) is 8.72. The van der Waals surface area contributed by atoms with Crippen molar-refractivity contribution < 1.29 is 14.4 Å². The van der Waals surface area contributed by atoms with Crippen molar-refractivity contribution in [2.75, 3.05) is 0 Å². The maximum absolute atomic E-state index is 11.8. The van der Waals surface area contributed by atoms with Gasteiger partial charge in [-0.3, -0.25) is 9.59 Å². The summed E-state index contributed by atoms with van der Waals surface area (Å²) in [4.78, 5) is 34.6. The normalized spacial score (nSPS) is 44.5. The Kier molecular flexibility index (Phi) is 1.47. The number of rotatable bonds is 1. The van der Waals surface area contributed by atoms with Crippen LogP contribution in [0.1, 0.15) is 33.6 Å². The van der Waals surface area contributed by atoms with Crippen molar-refractivity contribution in [2.45, 2.75) is 33.6 Å². The van der Waals surface area contributed by atoms with Crippen molar-refractivity contribution >= 4 is 17.9 Å². The molecule has 2 bridgehead atoms. The Morgan fingerprint density at radius 1 is 1.07 bits per heavy atom. The van der Waals surface area contributed by atoms with Gasteiger partial charge in [0, 0.05) is 5.41 Å². The molecule has 2 rings (SSSR count). The van der Waals surface area contributed by atoms with Crippen molar-refractivity contribution in [1.29, 1.82) is 0 Å². The van der Waals surface area contributed by atoms with Crippen molar-refractivity contribution in [3.05, 3.63) is 0 Å². The lowest BCUT2D eigenvalue weighted by molar-refractivity contribution is -0.145. The van der Waals surface area contributed by atoms with Crippen LogP contribution < -0.4 is 0 Å². The minimum absolute atomic E-state index is 0.346. The van der Waals surface area contributed by atoms with Gasteiger partial charge in [0.05, 0.1) is 5.41 Å². The number of Topliss-reactive ketones (excluding diaryl/α,β-unsaturated/α-hetero) is 2. The average Bonchev–Trinajstić information content (AvgIpc) is 2.39. The van der Waals surface area contributed by atoms with E-state index in [1.165, 1.54) is 0 Å². The molecule has 0 N–H and O–H groups in total. The number of carbonyl (C=O) groups is 3. The molecule has 2 fully saturated rings. The highest BCUT2D eigenvalue weighted by atomic mass is 16.2. The summed E-state index contributed by atoms with van der Waals surface area (Å²) in [5.41, 5.74) is -2.17. The molecule has 76 valence electrons. The lowest BCUT2D eigenvalue weighted by Gasteiger charge is -2.34. The van der Waals surface area contributed by atoms with Gasteiger partial charge in [0.1, 0.15) is 6.29 Å². The third-order valence-electron chi connectivity index (χ3n) is 4.83. The van der Waals surface area contributed by atoms with Crippen molar-refractivity contribution in [2.24, 2.45) is 16.2 Å². The Labute approximate surface area is 82.9 Å². The monoisotopic (exact) mass is 194 g/mol. The summed E-state index contributed by atoms with van der Waals surface area (Å²) < 4.78 is 0. The topological polar surface area (TPSA) is 51.2 Å². The second-order valence-corrected chi connectivity index (χ2v) is 5.20. The highest BCUT2D eigenvalue weighted by molar-refractivity contribution is 6.47. The molecule has 0 heterocycles. The second-order valence-electron chi connectivity index (χ2n) is 5.20. The SMILES string of the molecule is CC12CCC(C=O)(C(=O)C1=O)C2(C)C. The van der Waals surface area contributed by atoms with E-state index in [0.717, 1.165) is 0 Å². The Morgan fingerprint density at radius 3 is 1.93 bits per heavy atom. The van der Waals surface area contributed by atoms with E-state index in [2.05, 4.69) is 0 Å². The molecule has 2 atom stereocenters. The van der Waals surface area contributed by atoms with Crippen LogP contribution in [0, 0.1) is 16.2 Å². The van der Waals surface area contributed by atoms with Gasteiger partial charge in [-0.2, -0.15) is 0 Å². The van der Waals surface area contributed by atoms with Gasteiger partial charge in [0.2, 0.25) is 11.6 Å². The van der Waals surface area contributed by atoms with Crippen molar-refractivity contribution in [3.63, 3.8) is 0 Å². The van der Waals surface area contributed by atoms with E-state index >= 15 is 0 Å². The smallest absolute Gasteiger partial charge is 0.212 e. The van der Waals surface area contributed by atoms with Crippen LogP contribution >= 0.6 is 0 Å². The molecule has 0 spiro atoms. The van der Waals surface area contributed by atoms with Crippen LogP contribution in [0.15, 0.2) is 0 Å². The van der Waals surface area contributed by atoms with Gasteiger partial charge in [-0.25, -0.2) is 0 Å². The first-order valence-electron chi connectivity index (χ1n) is 4.89. The number of fused-ring (bicyclic) bond motifs is 2. The lowest BCUT2D eigenvalue weighted by Crippen LogP contribution is -2.38. The van der Waals surface area contributed by atoms with Crippen LogP contribution in [-0.2, 0) is 14.4 Å². The van der Waals surface area contributed by atoms with Crippen molar-refractivity contribution in [1.82, 2.24) is 0 Å². The summed E-state index contributed by atoms with van der Waals surface area (Å²) in [6, 6.07) is 0. The van der Waals surface area contributed by atoms with E-state index in [-0.39, 0.29) is 5.78 Å². The highest BCUT2D eigenvalue weighted by Gasteiger charge is 2.75. The van der Waals surface area contributed by atoms with Gasteiger partial charge in [0.15, 0.2) is 0 Å². The molecule has 0 aromatic heterocycles. The molecule has 0 aromatic rings. The Hall–Kier alpha value is -0.990. The van der Waals surface area contributed by atoms with E-state index in [1.54, 1.807) is 0 Å². The largest absolute Gasteiger partial charge is 0.302 e. The molecule has 0 amide bonds. The molecule has 0 saturated heterocycles. The zero-order chi connectivity index (χ0) is 10.8. The van der Waals surface area contributed by atoms with E-state index in [9.17, 15) is 14.4 Å². The Balaban J connectivity index is 2.72. The van der Waals surface area contributed by atoms with Crippen LogP contribution in [-0.4, -0.2) is 17.9 Å². The summed E-state index contributed by atoms with van der Waals surface area (Å²) in [5, 5.41) is 0. The molecular formula is C11H14O3. The van der Waals surface area contributed by atoms with Crippen LogP contribution in [0.2, 0.25) is 0 Å². The molecule has 0 radical (unpaired) electrons. The van der Waals surface area contributed by atoms with E-state index < -0.39 is 22.0 Å². The van der Waals surface area contributed by atoms with E-state index in [1.807, 2.05) is 20.8 Å². The van der Waals surface area contributed by atoms with Crippen LogP contribution in [0.3, 0.4) is 0 Å². The fourth-order valence-corrected chi connectivity index (χ4v) is 3.07. The summed E-state index contributed by atoms with van der Waals surface area (Å²) in [5.74, 6) is -0.813. The average molecular weight is 194 g/mol. The molecular weight excluding hydrogens is 180 g/mol. The lowest BCUT2D eigenvalue weighted by atomic mass is 9.65. The molecule has 3 heteroatoms. The quantitative estimate of drug-likeness (QED) is 0.357. The van der Waals surface area contributed by atoms with Gasteiger partial charge in [-0.15, -0.1) is 0 Å². The maximum Gasteiger partial charge on any atom is 0.212 e. The third-order valence-corrected chi connectivity index (χ3v) is 4.83. The second kappa shape index (κ2) is 2.15. The third kappa shape index (κ3) is 0.596. The number of hydrogen-bond acceptors (Lipinski definition) is 3. The predicted octanol–water partition coefficient (Wildman–Crippen LogP) is 1.15. The predicted molar refractivity (Wildman–Crippen MR) is 49.6 cm³/mol. The Bertz CT molecular complexity index is 356. The molecule has 0 aromatic carbocycles. The van der Waals surface area contributed by atoms with Crippen molar-refractivity contribution in [3.8, 4) is 0 Å². The number of hydrogen-bond donors (Lipinski definition) is 0. The number of carbonyl (C=O) groups excluding carboxylic acids is 3. The first kappa shape index (κ1) is 9.56. The minimum Gasteiger partial charge on any atom is -0.302 e. The molecule has 3 nitrogen and oxygen atoms in total. The first-order chi connectivity index (χ1) is 6.33. The minimum atomic E-state index is -1.03. The van der Waals surface area contributed by atoms with Crippen LogP contribution in [0.4, 0.5) is 0 Å². The summed E-state index contributed by atoms with van der Waals surface area (Å²) in [6.07, 6.45) is 1.89. The maximum atomic E-state index is 11.8. The van der Waals surface area contributed by atoms with Gasteiger partial charge in [-0.05, 0) is 18.3 Å². The first-order valence-corrected chi connectivity index (χ1v) is 4.89. The fraction of sp³-hybridized carbons (Fsp3) is 0.727. The summed E-state index contributed by atoms with van der Waals surface area (Å²) >= 11 is 0. The Morgan fingerprint density at radius 2 is 1.64 bits per heavy atom. The van der Waals surface area contributed by atoms with Crippen LogP contribution in [0.25, 0.3) is 0 Å². The molecule has 2 aliphatic rings. The van der Waals surface area contributed by atoms with E-state index in [0.29, 0.717) is 19.1 Å². The van der Waals surface area contributed by atoms with E-state index in [4.69, 9.17) is 0 Å². The van der Waals surface area contributed by atoms with Gasteiger partial charge in [-0.1, -0.05) is 20.8 Å². The summed E-state index contributed by atoms with van der Waals surface area (Å²) in [7, 11) is 0. The molecule has 2 aliphatic carbocycles.